The normalized spacial score (nSPS) is 16.5. The van der Waals surface area contributed by atoms with E-state index in [0.29, 0.717) is 26.3 Å². The number of likely N-dealkylation sites (N-methyl/N-ethyl adjacent to an activating group) is 1. The van der Waals surface area contributed by atoms with Gasteiger partial charge in [0.1, 0.15) is 0 Å². The van der Waals surface area contributed by atoms with Crippen LogP contribution in [-0.4, -0.2) is 67.6 Å². The molecule has 1 N–H and O–H groups in total. The Morgan fingerprint density at radius 3 is 2.35 bits per heavy atom. The van der Waals surface area contributed by atoms with Crippen molar-refractivity contribution in [1.29, 1.82) is 0 Å². The second-order valence-corrected chi connectivity index (χ2v) is 6.15. The van der Waals surface area contributed by atoms with Crippen LogP contribution < -0.4 is 5.32 Å². The van der Waals surface area contributed by atoms with Crippen molar-refractivity contribution >= 4 is 17.5 Å². The van der Waals surface area contributed by atoms with E-state index in [1.54, 1.807) is 23.8 Å². The van der Waals surface area contributed by atoms with E-state index in [1.807, 2.05) is 0 Å². The maximum absolute atomic E-state index is 12.6. The first-order valence-electron chi connectivity index (χ1n) is 8.22. The number of anilines is 1. The number of halogens is 3. The topological polar surface area (TPSA) is 61.9 Å². The monoisotopic (exact) mass is 373 g/mol. The number of nitrogens with zero attached hydrogens (tertiary/aromatic N) is 2. The molecule has 1 unspecified atom stereocenters. The van der Waals surface area contributed by atoms with Gasteiger partial charge in [0.05, 0.1) is 31.4 Å². The molecule has 1 aliphatic rings. The van der Waals surface area contributed by atoms with Gasteiger partial charge in [-0.05, 0) is 38.2 Å². The van der Waals surface area contributed by atoms with Crippen molar-refractivity contribution < 1.29 is 27.5 Å². The molecule has 1 aromatic rings. The van der Waals surface area contributed by atoms with Gasteiger partial charge < -0.3 is 15.0 Å². The van der Waals surface area contributed by atoms with E-state index in [9.17, 15) is 22.8 Å². The number of alkyl halides is 3. The van der Waals surface area contributed by atoms with Crippen LogP contribution in [0.25, 0.3) is 0 Å². The van der Waals surface area contributed by atoms with Gasteiger partial charge in [-0.1, -0.05) is 0 Å². The standard InChI is InChI=1S/C17H22F3N3O3/c1-12(22(2)11-15(24)23-7-9-26-10-8-23)16(25)21-14-5-3-13(4-6-14)17(18,19)20/h3-6,12H,7-11H2,1-2H3,(H,21,25). The zero-order chi connectivity index (χ0) is 19.3. The van der Waals surface area contributed by atoms with Crippen molar-refractivity contribution in [3.8, 4) is 0 Å². The van der Waals surface area contributed by atoms with Gasteiger partial charge in [0.2, 0.25) is 11.8 Å². The van der Waals surface area contributed by atoms with Crippen LogP contribution in [0.2, 0.25) is 0 Å². The summed E-state index contributed by atoms with van der Waals surface area (Å²) in [6.07, 6.45) is -4.42. The largest absolute Gasteiger partial charge is 0.416 e. The first kappa shape index (κ1) is 20.2. The van der Waals surface area contributed by atoms with Crippen molar-refractivity contribution in [2.24, 2.45) is 0 Å². The molecule has 1 fully saturated rings. The molecular weight excluding hydrogens is 351 g/mol. The summed E-state index contributed by atoms with van der Waals surface area (Å²) in [6, 6.07) is 3.60. The van der Waals surface area contributed by atoms with Gasteiger partial charge in [-0.15, -0.1) is 0 Å². The Balaban J connectivity index is 1.88. The molecule has 1 heterocycles. The van der Waals surface area contributed by atoms with Crippen LogP contribution >= 0.6 is 0 Å². The molecule has 0 saturated carbocycles. The number of carbonyl (C=O) groups is 2. The summed E-state index contributed by atoms with van der Waals surface area (Å²) >= 11 is 0. The summed E-state index contributed by atoms with van der Waals surface area (Å²) < 4.78 is 42.9. The van der Waals surface area contributed by atoms with Gasteiger partial charge in [-0.3, -0.25) is 14.5 Å². The highest BCUT2D eigenvalue weighted by atomic mass is 19.4. The first-order chi connectivity index (χ1) is 12.2. The fourth-order valence-corrected chi connectivity index (χ4v) is 2.45. The van der Waals surface area contributed by atoms with E-state index in [-0.39, 0.29) is 18.1 Å². The molecular formula is C17H22F3N3O3. The second-order valence-electron chi connectivity index (χ2n) is 6.15. The van der Waals surface area contributed by atoms with Gasteiger partial charge >= 0.3 is 6.18 Å². The SMILES string of the molecule is CC(C(=O)Nc1ccc(C(F)(F)F)cc1)N(C)CC(=O)N1CCOCC1. The minimum absolute atomic E-state index is 0.0710. The summed E-state index contributed by atoms with van der Waals surface area (Å²) in [6.45, 7) is 3.75. The Morgan fingerprint density at radius 2 is 1.81 bits per heavy atom. The van der Waals surface area contributed by atoms with Crippen LogP contribution in [0.4, 0.5) is 18.9 Å². The highest BCUT2D eigenvalue weighted by Gasteiger charge is 2.30. The molecule has 1 aromatic carbocycles. The third kappa shape index (κ3) is 5.43. The quantitative estimate of drug-likeness (QED) is 0.855. The lowest BCUT2D eigenvalue weighted by atomic mass is 10.2. The van der Waals surface area contributed by atoms with Crippen molar-refractivity contribution in [1.82, 2.24) is 9.80 Å². The molecule has 144 valence electrons. The molecule has 26 heavy (non-hydrogen) atoms. The Labute approximate surface area is 149 Å². The molecule has 0 radical (unpaired) electrons. The Morgan fingerprint density at radius 1 is 1.23 bits per heavy atom. The molecule has 2 rings (SSSR count). The Hall–Kier alpha value is -2.13. The highest BCUT2D eigenvalue weighted by Crippen LogP contribution is 2.29. The summed E-state index contributed by atoms with van der Waals surface area (Å²) in [5.74, 6) is -0.494. The smallest absolute Gasteiger partial charge is 0.378 e. The maximum atomic E-state index is 12.6. The number of rotatable bonds is 5. The summed E-state index contributed by atoms with van der Waals surface area (Å²) in [7, 11) is 1.65. The second kappa shape index (κ2) is 8.50. The van der Waals surface area contributed by atoms with Crippen LogP contribution in [0.1, 0.15) is 12.5 Å². The van der Waals surface area contributed by atoms with Crippen molar-refractivity contribution in [3.05, 3.63) is 29.8 Å². The van der Waals surface area contributed by atoms with Crippen molar-refractivity contribution in [2.45, 2.75) is 19.1 Å². The minimum atomic E-state index is -4.42. The number of hydrogen-bond donors (Lipinski definition) is 1. The molecule has 1 aliphatic heterocycles. The molecule has 0 aromatic heterocycles. The Bertz CT molecular complexity index is 628. The fraction of sp³-hybridized carbons (Fsp3) is 0.529. The molecule has 9 heteroatoms. The van der Waals surface area contributed by atoms with Gasteiger partial charge in [-0.2, -0.15) is 13.2 Å². The summed E-state index contributed by atoms with van der Waals surface area (Å²) in [5.41, 5.74) is -0.514. The zero-order valence-corrected chi connectivity index (χ0v) is 14.7. The van der Waals surface area contributed by atoms with Gasteiger partial charge in [0.15, 0.2) is 0 Å². The highest BCUT2D eigenvalue weighted by molar-refractivity contribution is 5.94. The van der Waals surface area contributed by atoms with E-state index >= 15 is 0 Å². The zero-order valence-electron chi connectivity index (χ0n) is 14.7. The molecule has 1 atom stereocenters. The van der Waals surface area contributed by atoms with Crippen LogP contribution in [0.3, 0.4) is 0 Å². The average molecular weight is 373 g/mol. The van der Waals surface area contributed by atoms with Crippen LogP contribution in [-0.2, 0) is 20.5 Å². The molecule has 6 nitrogen and oxygen atoms in total. The van der Waals surface area contributed by atoms with E-state index in [0.717, 1.165) is 12.1 Å². The third-order valence-corrected chi connectivity index (χ3v) is 4.27. The Kier molecular flexibility index (Phi) is 6.60. The van der Waals surface area contributed by atoms with E-state index in [2.05, 4.69) is 5.32 Å². The number of nitrogens with one attached hydrogen (secondary N) is 1. The minimum Gasteiger partial charge on any atom is -0.378 e. The van der Waals surface area contributed by atoms with E-state index in [4.69, 9.17) is 4.74 Å². The number of benzene rings is 1. The lowest BCUT2D eigenvalue weighted by Crippen LogP contribution is -2.48. The average Bonchev–Trinajstić information content (AvgIpc) is 2.61. The molecule has 0 bridgehead atoms. The fourth-order valence-electron chi connectivity index (χ4n) is 2.45. The molecule has 0 spiro atoms. The molecule has 2 amide bonds. The lowest BCUT2D eigenvalue weighted by molar-refractivity contribution is -0.138. The lowest BCUT2D eigenvalue weighted by Gasteiger charge is -2.30. The predicted octanol–water partition coefficient (Wildman–Crippen LogP) is 1.82. The molecule has 1 saturated heterocycles. The van der Waals surface area contributed by atoms with Crippen LogP contribution in [0.15, 0.2) is 24.3 Å². The number of hydrogen-bond acceptors (Lipinski definition) is 4. The van der Waals surface area contributed by atoms with Crippen LogP contribution in [0.5, 0.6) is 0 Å². The summed E-state index contributed by atoms with van der Waals surface area (Å²) in [4.78, 5) is 27.8. The van der Waals surface area contributed by atoms with Gasteiger partial charge in [0, 0.05) is 18.8 Å². The number of carbonyl (C=O) groups excluding carboxylic acids is 2. The van der Waals surface area contributed by atoms with Gasteiger partial charge in [-0.25, -0.2) is 0 Å². The summed E-state index contributed by atoms with van der Waals surface area (Å²) in [5, 5.41) is 2.56. The molecule has 0 aliphatic carbocycles. The van der Waals surface area contributed by atoms with Crippen LogP contribution in [0, 0.1) is 0 Å². The predicted molar refractivity (Wildman–Crippen MR) is 89.6 cm³/mol. The van der Waals surface area contributed by atoms with E-state index in [1.165, 1.54) is 12.1 Å². The first-order valence-corrected chi connectivity index (χ1v) is 8.22. The number of amides is 2. The maximum Gasteiger partial charge on any atom is 0.416 e. The van der Waals surface area contributed by atoms with Crippen molar-refractivity contribution in [3.63, 3.8) is 0 Å². The third-order valence-electron chi connectivity index (χ3n) is 4.27. The van der Waals surface area contributed by atoms with Gasteiger partial charge in [0.25, 0.3) is 0 Å². The van der Waals surface area contributed by atoms with E-state index < -0.39 is 23.7 Å². The van der Waals surface area contributed by atoms with Crippen molar-refractivity contribution in [2.75, 3.05) is 45.2 Å². The number of ether oxygens (including phenoxy) is 1. The number of morpholine rings is 1.